The van der Waals surface area contributed by atoms with Crippen molar-refractivity contribution in [3.63, 3.8) is 0 Å². The van der Waals surface area contributed by atoms with Crippen molar-refractivity contribution >= 4 is 17.7 Å². The van der Waals surface area contributed by atoms with Crippen LogP contribution in [0.1, 0.15) is 27.0 Å². The lowest BCUT2D eigenvalue weighted by Gasteiger charge is -2.17. The molecule has 182 valence electrons. The highest BCUT2D eigenvalue weighted by atomic mass is 19.4. The molecule has 0 unspecified atom stereocenters. The quantitative estimate of drug-likeness (QED) is 0.590. The van der Waals surface area contributed by atoms with Gasteiger partial charge in [-0.15, -0.1) is 0 Å². The van der Waals surface area contributed by atoms with Gasteiger partial charge in [0.15, 0.2) is 0 Å². The van der Waals surface area contributed by atoms with E-state index in [4.69, 9.17) is 4.74 Å². The summed E-state index contributed by atoms with van der Waals surface area (Å²) >= 11 is 0. The molecule has 1 saturated heterocycles. The Balaban J connectivity index is 1.81. The molecule has 1 aromatic heterocycles. The average molecular weight is 489 g/mol. The van der Waals surface area contributed by atoms with Crippen LogP contribution in [0.5, 0.6) is 0 Å². The van der Waals surface area contributed by atoms with Crippen molar-refractivity contribution in [2.75, 3.05) is 18.1 Å². The lowest BCUT2D eigenvalue weighted by molar-refractivity contribution is -0.138. The zero-order chi connectivity index (χ0) is 25.5. The molecule has 1 fully saturated rings. The zero-order valence-electron chi connectivity index (χ0n) is 18.2. The van der Waals surface area contributed by atoms with E-state index in [0.717, 1.165) is 22.9 Å². The molecule has 1 aliphatic heterocycles. The van der Waals surface area contributed by atoms with Crippen LogP contribution in [0.15, 0.2) is 58.3 Å². The molecule has 1 amide bonds. The minimum Gasteiger partial charge on any atom is -0.477 e. The number of alkyl halides is 3. The number of hydrogen-bond donors (Lipinski definition) is 1. The number of benzene rings is 2. The van der Waals surface area contributed by atoms with E-state index in [1.807, 2.05) is 0 Å². The summed E-state index contributed by atoms with van der Waals surface area (Å²) < 4.78 is 46.3. The van der Waals surface area contributed by atoms with Gasteiger partial charge in [0.25, 0.3) is 5.56 Å². The summed E-state index contributed by atoms with van der Waals surface area (Å²) in [5, 5.41) is 9.51. The van der Waals surface area contributed by atoms with E-state index < -0.39 is 47.2 Å². The van der Waals surface area contributed by atoms with E-state index in [2.05, 4.69) is 0 Å². The lowest BCUT2D eigenvalue weighted by atomic mass is 10.0. The van der Waals surface area contributed by atoms with E-state index >= 15 is 0 Å². The number of amides is 1. The van der Waals surface area contributed by atoms with E-state index in [-0.39, 0.29) is 23.4 Å². The molecule has 9 nitrogen and oxygen atoms in total. The maximum atomic E-state index is 13.3. The van der Waals surface area contributed by atoms with Crippen molar-refractivity contribution in [3.05, 3.63) is 91.8 Å². The Kier molecular flexibility index (Phi) is 5.97. The van der Waals surface area contributed by atoms with Crippen LogP contribution in [0.4, 0.5) is 23.7 Å². The standard InChI is InChI=1S/C23H18F3N3O6/c1-13-14(3-2-4-18(13)23(24,25)26)11-29-19(30)17(20(31)32)12-28(21(29)33)16-7-5-15(6-8-16)27-9-10-35-22(27)34/h2-8,12H,9-11H2,1H3,(H,31,32). The Morgan fingerprint density at radius 2 is 1.71 bits per heavy atom. The first-order valence-electron chi connectivity index (χ1n) is 10.3. The van der Waals surface area contributed by atoms with Crippen molar-refractivity contribution < 1.29 is 32.6 Å². The second-order valence-electron chi connectivity index (χ2n) is 7.76. The molecule has 3 aromatic rings. The molecule has 0 atom stereocenters. The third kappa shape index (κ3) is 4.42. The number of anilines is 1. The van der Waals surface area contributed by atoms with Crippen LogP contribution in [0.2, 0.25) is 0 Å². The molecule has 0 aliphatic carbocycles. The van der Waals surface area contributed by atoms with Crippen LogP contribution in [0.25, 0.3) is 5.69 Å². The number of hydrogen-bond acceptors (Lipinski definition) is 5. The zero-order valence-corrected chi connectivity index (χ0v) is 18.2. The second kappa shape index (κ2) is 8.78. The number of carbonyl (C=O) groups is 2. The minimum absolute atomic E-state index is 0.0380. The minimum atomic E-state index is -4.64. The normalized spacial score (nSPS) is 13.7. The molecule has 0 bridgehead atoms. The summed E-state index contributed by atoms with van der Waals surface area (Å²) in [6.45, 7) is 1.21. The molecular weight excluding hydrogens is 471 g/mol. The van der Waals surface area contributed by atoms with Gasteiger partial charge in [-0.05, 0) is 48.4 Å². The first-order chi connectivity index (χ1) is 16.5. The topological polar surface area (TPSA) is 111 Å². The van der Waals surface area contributed by atoms with Crippen LogP contribution in [0.3, 0.4) is 0 Å². The Bertz CT molecular complexity index is 1440. The molecule has 35 heavy (non-hydrogen) atoms. The Hall–Kier alpha value is -4.35. The van der Waals surface area contributed by atoms with Crippen LogP contribution in [0, 0.1) is 6.92 Å². The summed E-state index contributed by atoms with van der Waals surface area (Å²) in [6, 6.07) is 9.28. The van der Waals surface area contributed by atoms with Gasteiger partial charge in [-0.3, -0.25) is 18.8 Å². The fourth-order valence-electron chi connectivity index (χ4n) is 3.83. The predicted octanol–water partition coefficient (Wildman–Crippen LogP) is 3.03. The summed E-state index contributed by atoms with van der Waals surface area (Å²) in [5.74, 6) is -1.60. The number of halogens is 3. The SMILES string of the molecule is Cc1c(Cn2c(=O)c(C(=O)O)cn(-c3ccc(N4CCOC4=O)cc3)c2=O)cccc1C(F)(F)F. The first kappa shape index (κ1) is 23.8. The van der Waals surface area contributed by atoms with E-state index in [0.29, 0.717) is 16.8 Å². The Morgan fingerprint density at radius 3 is 2.29 bits per heavy atom. The first-order valence-corrected chi connectivity index (χ1v) is 10.3. The number of aromatic nitrogens is 2. The smallest absolute Gasteiger partial charge is 0.416 e. The van der Waals surface area contributed by atoms with Gasteiger partial charge in [0, 0.05) is 11.9 Å². The maximum Gasteiger partial charge on any atom is 0.416 e. The number of ether oxygens (including phenoxy) is 1. The monoisotopic (exact) mass is 489 g/mol. The molecule has 0 saturated carbocycles. The molecule has 4 rings (SSSR count). The molecule has 0 radical (unpaired) electrons. The number of carboxylic acid groups (broad SMARTS) is 1. The summed E-state index contributed by atoms with van der Waals surface area (Å²) in [6.07, 6.45) is -4.31. The number of carbonyl (C=O) groups excluding carboxylic acids is 1. The van der Waals surface area contributed by atoms with E-state index in [1.54, 1.807) is 0 Å². The van der Waals surface area contributed by atoms with E-state index in [9.17, 15) is 37.5 Å². The fourth-order valence-corrected chi connectivity index (χ4v) is 3.83. The molecule has 0 spiro atoms. The molecule has 1 aliphatic rings. The fraction of sp³-hybridized carbons (Fsp3) is 0.217. The maximum absolute atomic E-state index is 13.3. The number of aromatic carboxylic acids is 1. The summed E-state index contributed by atoms with van der Waals surface area (Å²) in [7, 11) is 0. The van der Waals surface area contributed by atoms with Crippen molar-refractivity contribution in [1.29, 1.82) is 0 Å². The Labute approximate surface area is 195 Å². The summed E-state index contributed by atoms with van der Waals surface area (Å²) in [5.41, 5.74) is -3.22. The average Bonchev–Trinajstić information content (AvgIpc) is 3.22. The van der Waals surface area contributed by atoms with Gasteiger partial charge in [0.2, 0.25) is 0 Å². The van der Waals surface area contributed by atoms with Crippen molar-refractivity contribution in [1.82, 2.24) is 9.13 Å². The van der Waals surface area contributed by atoms with Crippen molar-refractivity contribution in [2.45, 2.75) is 19.6 Å². The predicted molar refractivity (Wildman–Crippen MR) is 117 cm³/mol. The van der Waals surface area contributed by atoms with Crippen LogP contribution in [-0.2, 0) is 17.5 Å². The number of rotatable bonds is 5. The van der Waals surface area contributed by atoms with Gasteiger partial charge in [-0.25, -0.2) is 14.4 Å². The van der Waals surface area contributed by atoms with Gasteiger partial charge >= 0.3 is 23.9 Å². The highest BCUT2D eigenvalue weighted by Gasteiger charge is 2.33. The molecule has 1 N–H and O–H groups in total. The second-order valence-corrected chi connectivity index (χ2v) is 7.76. The molecule has 2 heterocycles. The highest BCUT2D eigenvalue weighted by molar-refractivity contribution is 5.89. The molecule has 2 aromatic carbocycles. The van der Waals surface area contributed by atoms with Gasteiger partial charge in [0.05, 0.1) is 24.3 Å². The van der Waals surface area contributed by atoms with E-state index in [1.165, 1.54) is 42.2 Å². The van der Waals surface area contributed by atoms with Crippen LogP contribution < -0.4 is 16.1 Å². The van der Waals surface area contributed by atoms with Crippen molar-refractivity contribution in [3.8, 4) is 5.69 Å². The Morgan fingerprint density at radius 1 is 1.06 bits per heavy atom. The van der Waals surface area contributed by atoms with Crippen LogP contribution >= 0.6 is 0 Å². The van der Waals surface area contributed by atoms with Gasteiger partial charge in [0.1, 0.15) is 12.2 Å². The molecule has 12 heteroatoms. The van der Waals surface area contributed by atoms with Gasteiger partial charge in [-0.2, -0.15) is 13.2 Å². The highest BCUT2D eigenvalue weighted by Crippen LogP contribution is 2.33. The van der Waals surface area contributed by atoms with Crippen LogP contribution in [-0.4, -0.2) is 39.5 Å². The van der Waals surface area contributed by atoms with Gasteiger partial charge < -0.3 is 9.84 Å². The number of nitrogens with zero attached hydrogens (tertiary/aromatic N) is 3. The van der Waals surface area contributed by atoms with Crippen molar-refractivity contribution in [2.24, 2.45) is 0 Å². The molecular formula is C23H18F3N3O6. The summed E-state index contributed by atoms with van der Waals surface area (Å²) in [4.78, 5) is 50.8. The number of cyclic esters (lactones) is 1. The largest absolute Gasteiger partial charge is 0.477 e. The third-order valence-corrected chi connectivity index (χ3v) is 5.68. The lowest BCUT2D eigenvalue weighted by Crippen LogP contribution is -2.42. The number of carboxylic acids is 1. The van der Waals surface area contributed by atoms with Gasteiger partial charge in [-0.1, -0.05) is 12.1 Å². The third-order valence-electron chi connectivity index (χ3n) is 5.68.